The van der Waals surface area contributed by atoms with Crippen LogP contribution in [0.5, 0.6) is 5.75 Å². The van der Waals surface area contributed by atoms with Crippen molar-refractivity contribution in [3.05, 3.63) is 52.5 Å². The van der Waals surface area contributed by atoms with E-state index in [0.29, 0.717) is 13.2 Å². The van der Waals surface area contributed by atoms with E-state index in [9.17, 15) is 4.39 Å². The normalized spacial score (nSPS) is 10.3. The van der Waals surface area contributed by atoms with Crippen molar-refractivity contribution in [1.82, 2.24) is 4.98 Å². The van der Waals surface area contributed by atoms with Crippen LogP contribution >= 0.6 is 15.9 Å². The monoisotopic (exact) mass is 324 g/mol. The molecule has 0 bridgehead atoms. The molecule has 0 spiro atoms. The molecule has 0 radical (unpaired) electrons. The van der Waals surface area contributed by atoms with Gasteiger partial charge in [0.05, 0.1) is 18.5 Å². The lowest BCUT2D eigenvalue weighted by Crippen LogP contribution is -2.01. The maximum atomic E-state index is 13.7. The molecule has 0 aliphatic carbocycles. The van der Waals surface area contributed by atoms with Crippen molar-refractivity contribution in [2.45, 2.75) is 13.5 Å². The molecular weight excluding hydrogens is 311 g/mol. The fourth-order valence-electron chi connectivity index (χ4n) is 1.64. The van der Waals surface area contributed by atoms with E-state index in [2.05, 4.69) is 26.2 Å². The average Bonchev–Trinajstić information content (AvgIpc) is 2.39. The Morgan fingerprint density at radius 1 is 1.32 bits per heavy atom. The van der Waals surface area contributed by atoms with Gasteiger partial charge in [-0.1, -0.05) is 6.07 Å². The lowest BCUT2D eigenvalue weighted by Gasteiger charge is -2.09. The van der Waals surface area contributed by atoms with Crippen LogP contribution in [0.15, 0.2) is 41.1 Å². The van der Waals surface area contributed by atoms with Crippen molar-refractivity contribution in [3.8, 4) is 5.75 Å². The van der Waals surface area contributed by atoms with E-state index >= 15 is 0 Å². The number of nitrogens with zero attached hydrogens (tertiary/aromatic N) is 1. The number of pyridine rings is 1. The molecule has 1 heterocycles. The molecule has 0 aliphatic rings. The summed E-state index contributed by atoms with van der Waals surface area (Å²) < 4.78 is 19.7. The number of benzene rings is 1. The summed E-state index contributed by atoms with van der Waals surface area (Å²) in [5, 5.41) is 3.18. The number of nitrogens with one attached hydrogen (secondary N) is 1. The van der Waals surface area contributed by atoms with Gasteiger partial charge in [-0.25, -0.2) is 4.39 Å². The minimum atomic E-state index is -0.339. The van der Waals surface area contributed by atoms with Gasteiger partial charge in [0, 0.05) is 17.2 Å². The summed E-state index contributed by atoms with van der Waals surface area (Å²) in [6, 6.07) is 6.88. The summed E-state index contributed by atoms with van der Waals surface area (Å²) in [6.07, 6.45) is 3.43. The van der Waals surface area contributed by atoms with Crippen LogP contribution in [-0.4, -0.2) is 11.6 Å². The molecule has 0 unspecified atom stereocenters. The van der Waals surface area contributed by atoms with Gasteiger partial charge >= 0.3 is 0 Å². The maximum absolute atomic E-state index is 13.7. The van der Waals surface area contributed by atoms with Crippen LogP contribution in [-0.2, 0) is 6.54 Å². The van der Waals surface area contributed by atoms with Crippen LogP contribution in [0.2, 0.25) is 0 Å². The third-order valence-corrected chi connectivity index (χ3v) is 2.93. The lowest BCUT2D eigenvalue weighted by atomic mass is 10.2. The highest BCUT2D eigenvalue weighted by atomic mass is 79.9. The Morgan fingerprint density at radius 3 is 2.84 bits per heavy atom. The van der Waals surface area contributed by atoms with E-state index in [1.54, 1.807) is 18.5 Å². The molecule has 3 nitrogen and oxygen atoms in total. The van der Waals surface area contributed by atoms with E-state index in [1.165, 1.54) is 6.07 Å². The van der Waals surface area contributed by atoms with Crippen molar-refractivity contribution in [2.75, 3.05) is 11.9 Å². The van der Waals surface area contributed by atoms with Gasteiger partial charge in [0.2, 0.25) is 0 Å². The second-order valence-electron chi connectivity index (χ2n) is 3.94. The van der Waals surface area contributed by atoms with Crippen LogP contribution in [0, 0.1) is 5.82 Å². The second-order valence-corrected chi connectivity index (χ2v) is 4.86. The van der Waals surface area contributed by atoms with Gasteiger partial charge in [0.15, 0.2) is 11.6 Å². The predicted molar refractivity (Wildman–Crippen MR) is 76.8 cm³/mol. The van der Waals surface area contributed by atoms with Gasteiger partial charge in [0.1, 0.15) is 0 Å². The molecule has 0 amide bonds. The number of ether oxygens (including phenoxy) is 1. The fraction of sp³-hybridized carbons (Fsp3) is 0.214. The van der Waals surface area contributed by atoms with Crippen molar-refractivity contribution < 1.29 is 9.13 Å². The van der Waals surface area contributed by atoms with E-state index in [0.717, 1.165) is 15.7 Å². The highest BCUT2D eigenvalue weighted by Crippen LogP contribution is 2.19. The summed E-state index contributed by atoms with van der Waals surface area (Å²) in [6.45, 7) is 2.81. The lowest BCUT2D eigenvalue weighted by molar-refractivity contribution is 0.321. The van der Waals surface area contributed by atoms with Crippen LogP contribution in [0.25, 0.3) is 0 Å². The third-order valence-electron chi connectivity index (χ3n) is 2.50. The highest BCUT2D eigenvalue weighted by molar-refractivity contribution is 9.10. The van der Waals surface area contributed by atoms with Crippen LogP contribution in [0.3, 0.4) is 0 Å². The average molecular weight is 325 g/mol. The van der Waals surface area contributed by atoms with E-state index in [-0.39, 0.29) is 11.6 Å². The number of hydrogen-bond acceptors (Lipinski definition) is 3. The summed E-state index contributed by atoms with van der Waals surface area (Å²) in [7, 11) is 0. The predicted octanol–water partition coefficient (Wildman–Crippen LogP) is 3.99. The molecule has 100 valence electrons. The van der Waals surface area contributed by atoms with Gasteiger partial charge in [-0.15, -0.1) is 0 Å². The first-order valence-corrected chi connectivity index (χ1v) is 6.74. The molecule has 1 aromatic heterocycles. The first-order valence-electron chi connectivity index (χ1n) is 5.94. The zero-order valence-corrected chi connectivity index (χ0v) is 12.1. The number of hydrogen-bond donors (Lipinski definition) is 1. The minimum Gasteiger partial charge on any atom is -0.491 e. The SMILES string of the molecule is CCOc1ccc(CNc2cncc(Br)c2)cc1F. The van der Waals surface area contributed by atoms with Gasteiger partial charge < -0.3 is 10.1 Å². The molecule has 5 heteroatoms. The first kappa shape index (κ1) is 13.8. The van der Waals surface area contributed by atoms with Crippen LogP contribution in [0.4, 0.5) is 10.1 Å². The molecule has 0 saturated heterocycles. The summed E-state index contributed by atoms with van der Waals surface area (Å²) in [5.74, 6) is -0.0520. The molecule has 19 heavy (non-hydrogen) atoms. The van der Waals surface area contributed by atoms with Crippen LogP contribution < -0.4 is 10.1 Å². The Kier molecular flexibility index (Phi) is 4.74. The highest BCUT2D eigenvalue weighted by Gasteiger charge is 2.04. The van der Waals surface area contributed by atoms with Crippen molar-refractivity contribution in [1.29, 1.82) is 0 Å². The zero-order chi connectivity index (χ0) is 13.7. The fourth-order valence-corrected chi connectivity index (χ4v) is 2.00. The van der Waals surface area contributed by atoms with Gasteiger partial charge in [0.25, 0.3) is 0 Å². The molecule has 1 aromatic carbocycles. The Bertz CT molecular complexity index is 563. The second kappa shape index (κ2) is 6.52. The number of halogens is 2. The molecule has 0 atom stereocenters. The topological polar surface area (TPSA) is 34.1 Å². The quantitative estimate of drug-likeness (QED) is 0.902. The molecule has 0 saturated carbocycles. The Morgan fingerprint density at radius 2 is 2.16 bits per heavy atom. The Balaban J connectivity index is 2.02. The van der Waals surface area contributed by atoms with Crippen molar-refractivity contribution in [2.24, 2.45) is 0 Å². The molecule has 2 aromatic rings. The van der Waals surface area contributed by atoms with Crippen molar-refractivity contribution in [3.63, 3.8) is 0 Å². The zero-order valence-electron chi connectivity index (χ0n) is 10.5. The summed E-state index contributed by atoms with van der Waals surface area (Å²) in [5.41, 5.74) is 1.73. The number of rotatable bonds is 5. The van der Waals surface area contributed by atoms with Crippen LogP contribution in [0.1, 0.15) is 12.5 Å². The molecule has 0 fully saturated rings. The van der Waals surface area contributed by atoms with E-state index in [1.807, 2.05) is 19.1 Å². The minimum absolute atomic E-state index is 0.287. The molecule has 0 aliphatic heterocycles. The van der Waals surface area contributed by atoms with Gasteiger partial charge in [-0.2, -0.15) is 0 Å². The Hall–Kier alpha value is -1.62. The number of aromatic nitrogens is 1. The van der Waals surface area contributed by atoms with E-state index < -0.39 is 0 Å². The summed E-state index contributed by atoms with van der Waals surface area (Å²) >= 11 is 3.35. The standard InChI is InChI=1S/C14H14BrFN2O/c1-2-19-14-4-3-10(5-13(14)16)7-18-12-6-11(15)8-17-9-12/h3-6,8-9,18H,2,7H2,1H3. The van der Waals surface area contributed by atoms with Gasteiger partial charge in [-0.3, -0.25) is 4.98 Å². The maximum Gasteiger partial charge on any atom is 0.165 e. The third kappa shape index (κ3) is 3.92. The molecule has 2 rings (SSSR count). The smallest absolute Gasteiger partial charge is 0.165 e. The first-order chi connectivity index (χ1) is 9.19. The Labute approximate surface area is 119 Å². The summed E-state index contributed by atoms with van der Waals surface area (Å²) in [4.78, 5) is 4.05. The largest absolute Gasteiger partial charge is 0.491 e. The van der Waals surface area contributed by atoms with Crippen molar-refractivity contribution >= 4 is 21.6 Å². The van der Waals surface area contributed by atoms with E-state index in [4.69, 9.17) is 4.74 Å². The number of anilines is 1. The van der Waals surface area contributed by atoms with Gasteiger partial charge in [-0.05, 0) is 46.6 Å². The molecular formula is C14H14BrFN2O. The molecule has 1 N–H and O–H groups in total.